The molecule has 2 aliphatic heterocycles. The summed E-state index contributed by atoms with van der Waals surface area (Å²) in [7, 11) is 0. The Labute approximate surface area is 167 Å². The number of imide groups is 1. The van der Waals surface area contributed by atoms with Crippen molar-refractivity contribution in [1.82, 2.24) is 5.06 Å². The molecule has 150 valence electrons. The van der Waals surface area contributed by atoms with Crippen molar-refractivity contribution in [2.24, 2.45) is 11.7 Å². The molecule has 29 heavy (non-hydrogen) atoms. The predicted molar refractivity (Wildman–Crippen MR) is 104 cm³/mol. The smallest absolute Gasteiger partial charge is 0.265 e. The van der Waals surface area contributed by atoms with Crippen molar-refractivity contribution < 1.29 is 24.3 Å². The van der Waals surface area contributed by atoms with Crippen LogP contribution in [0.2, 0.25) is 0 Å². The van der Waals surface area contributed by atoms with Gasteiger partial charge in [0.25, 0.3) is 5.91 Å². The third kappa shape index (κ3) is 3.06. The van der Waals surface area contributed by atoms with E-state index in [-0.39, 0.29) is 12.3 Å². The van der Waals surface area contributed by atoms with Crippen LogP contribution in [0.3, 0.4) is 0 Å². The Bertz CT molecular complexity index is 984. The molecule has 0 radical (unpaired) electrons. The fraction of sp³-hybridized carbons (Fsp3) is 0.286. The molecular weight excluding hydrogens is 374 g/mol. The number of aryl methyl sites for hydroxylation is 2. The Morgan fingerprint density at radius 1 is 1.10 bits per heavy atom. The van der Waals surface area contributed by atoms with Gasteiger partial charge in [-0.1, -0.05) is 30.3 Å². The van der Waals surface area contributed by atoms with Crippen molar-refractivity contribution in [2.75, 3.05) is 11.4 Å². The van der Waals surface area contributed by atoms with Gasteiger partial charge in [-0.15, -0.1) is 0 Å². The van der Waals surface area contributed by atoms with Gasteiger partial charge in [-0.25, -0.2) is 4.90 Å². The molecule has 3 N–H and O–H groups in total. The van der Waals surface area contributed by atoms with E-state index in [0.717, 1.165) is 4.90 Å². The van der Waals surface area contributed by atoms with Gasteiger partial charge in [0.2, 0.25) is 11.8 Å². The number of phenols is 1. The number of carbonyl (C=O) groups excluding carboxylic acids is 3. The minimum Gasteiger partial charge on any atom is -0.507 e. The number of hydroxylamine groups is 2. The van der Waals surface area contributed by atoms with Gasteiger partial charge in [-0.2, -0.15) is 5.06 Å². The van der Waals surface area contributed by atoms with Crippen LogP contribution in [0.5, 0.6) is 5.75 Å². The molecule has 0 spiro atoms. The maximum Gasteiger partial charge on any atom is 0.265 e. The van der Waals surface area contributed by atoms with Crippen LogP contribution in [0.25, 0.3) is 0 Å². The molecule has 0 aliphatic carbocycles. The van der Waals surface area contributed by atoms with E-state index in [1.807, 2.05) is 0 Å². The number of anilines is 1. The summed E-state index contributed by atoms with van der Waals surface area (Å²) in [5, 5.41) is 11.4. The Balaban J connectivity index is 1.78. The van der Waals surface area contributed by atoms with E-state index in [0.29, 0.717) is 22.4 Å². The number of fused-ring (bicyclic) bond motifs is 1. The summed E-state index contributed by atoms with van der Waals surface area (Å²) in [5.74, 6) is -2.18. The average Bonchev–Trinajstić information content (AvgIpc) is 3.15. The first kappa shape index (κ1) is 19.1. The van der Waals surface area contributed by atoms with Gasteiger partial charge in [0.15, 0.2) is 6.10 Å². The summed E-state index contributed by atoms with van der Waals surface area (Å²) in [6.07, 6.45) is -1.04. The van der Waals surface area contributed by atoms with Crippen LogP contribution in [0.15, 0.2) is 42.5 Å². The molecule has 2 saturated heterocycles. The van der Waals surface area contributed by atoms with Crippen molar-refractivity contribution in [1.29, 1.82) is 0 Å². The second-order valence-electron chi connectivity index (χ2n) is 7.39. The minimum absolute atomic E-state index is 0.158. The molecule has 0 bridgehead atoms. The molecule has 2 heterocycles. The number of benzene rings is 2. The number of aromatic hydroxyl groups is 1. The third-order valence-corrected chi connectivity index (χ3v) is 5.38. The predicted octanol–water partition coefficient (Wildman–Crippen LogP) is 1.34. The highest BCUT2D eigenvalue weighted by Gasteiger charge is 2.60. The number of hydrogen-bond acceptors (Lipinski definition) is 6. The van der Waals surface area contributed by atoms with Crippen molar-refractivity contribution in [3.63, 3.8) is 0 Å². The quantitative estimate of drug-likeness (QED) is 0.756. The number of primary amides is 1. The number of nitrogens with two attached hydrogens (primary N) is 1. The average molecular weight is 395 g/mol. The number of hydrogen-bond donors (Lipinski definition) is 2. The standard InChI is InChI=1S/C21H21N3O5/c1-11-8-13(9-12(2)18(11)26)17-16-19(29-23(17)10-15(22)25)21(28)24(20(16)27)14-6-4-3-5-7-14/h3-9,16-17,19,26H,10H2,1-2H3,(H2,22,25). The summed E-state index contributed by atoms with van der Waals surface area (Å²) < 4.78 is 0. The maximum atomic E-state index is 13.3. The number of phenolic OH excluding ortho intramolecular Hbond substituents is 1. The zero-order chi connectivity index (χ0) is 20.9. The third-order valence-electron chi connectivity index (χ3n) is 5.38. The molecule has 8 heteroatoms. The van der Waals surface area contributed by atoms with Gasteiger partial charge in [-0.3, -0.25) is 19.2 Å². The van der Waals surface area contributed by atoms with Crippen molar-refractivity contribution in [3.8, 4) is 5.75 Å². The van der Waals surface area contributed by atoms with E-state index < -0.39 is 35.8 Å². The monoisotopic (exact) mass is 395 g/mol. The maximum absolute atomic E-state index is 13.3. The van der Waals surface area contributed by atoms with Crippen LogP contribution < -0.4 is 10.6 Å². The summed E-state index contributed by atoms with van der Waals surface area (Å²) in [6, 6.07) is 11.4. The van der Waals surface area contributed by atoms with E-state index in [2.05, 4.69) is 0 Å². The summed E-state index contributed by atoms with van der Waals surface area (Å²) >= 11 is 0. The highest BCUT2D eigenvalue weighted by Crippen LogP contribution is 2.46. The van der Waals surface area contributed by atoms with Crippen LogP contribution in [-0.2, 0) is 19.2 Å². The van der Waals surface area contributed by atoms with Crippen LogP contribution in [0.4, 0.5) is 5.69 Å². The van der Waals surface area contributed by atoms with E-state index >= 15 is 0 Å². The summed E-state index contributed by atoms with van der Waals surface area (Å²) in [6.45, 7) is 3.23. The number of amides is 3. The van der Waals surface area contributed by atoms with Crippen LogP contribution >= 0.6 is 0 Å². The van der Waals surface area contributed by atoms with E-state index in [1.54, 1.807) is 56.3 Å². The molecule has 0 saturated carbocycles. The first-order chi connectivity index (χ1) is 13.8. The lowest BCUT2D eigenvalue weighted by atomic mass is 9.89. The van der Waals surface area contributed by atoms with Crippen molar-refractivity contribution in [3.05, 3.63) is 59.2 Å². The molecule has 3 amide bonds. The summed E-state index contributed by atoms with van der Waals surface area (Å²) in [5.41, 5.74) is 7.74. The first-order valence-electron chi connectivity index (χ1n) is 9.24. The molecule has 3 atom stereocenters. The molecular formula is C21H21N3O5. The Kier molecular flexibility index (Phi) is 4.60. The Morgan fingerprint density at radius 3 is 2.31 bits per heavy atom. The fourth-order valence-electron chi connectivity index (χ4n) is 4.12. The van der Waals surface area contributed by atoms with Gasteiger partial charge >= 0.3 is 0 Å². The zero-order valence-corrected chi connectivity index (χ0v) is 16.0. The second kappa shape index (κ2) is 6.98. The molecule has 4 rings (SSSR count). The van der Waals surface area contributed by atoms with Gasteiger partial charge in [0, 0.05) is 0 Å². The van der Waals surface area contributed by atoms with E-state index in [1.165, 1.54) is 5.06 Å². The van der Waals surface area contributed by atoms with Gasteiger partial charge in [0.05, 0.1) is 17.6 Å². The SMILES string of the molecule is Cc1cc(C2C3C(=O)N(c4ccccc4)C(=O)C3ON2CC(N)=O)cc(C)c1O. The number of carbonyl (C=O) groups is 3. The molecule has 0 aromatic heterocycles. The number of rotatable bonds is 4. The number of nitrogens with zero attached hydrogens (tertiary/aromatic N) is 2. The second-order valence-corrected chi connectivity index (χ2v) is 7.39. The van der Waals surface area contributed by atoms with Gasteiger partial charge < -0.3 is 10.8 Å². The largest absolute Gasteiger partial charge is 0.507 e. The minimum atomic E-state index is -1.04. The number of para-hydroxylation sites is 1. The molecule has 2 fully saturated rings. The van der Waals surface area contributed by atoms with E-state index in [9.17, 15) is 19.5 Å². The van der Waals surface area contributed by atoms with Crippen LogP contribution in [-0.4, -0.2) is 40.5 Å². The molecule has 8 nitrogen and oxygen atoms in total. The van der Waals surface area contributed by atoms with Gasteiger partial charge in [0.1, 0.15) is 12.3 Å². The van der Waals surface area contributed by atoms with Crippen molar-refractivity contribution in [2.45, 2.75) is 26.0 Å². The highest BCUT2D eigenvalue weighted by atomic mass is 16.7. The first-order valence-corrected chi connectivity index (χ1v) is 9.24. The highest BCUT2D eigenvalue weighted by molar-refractivity contribution is 6.23. The van der Waals surface area contributed by atoms with Crippen LogP contribution in [0.1, 0.15) is 22.7 Å². The lowest BCUT2D eigenvalue weighted by molar-refractivity contribution is -0.175. The topological polar surface area (TPSA) is 113 Å². The molecule has 3 unspecified atom stereocenters. The zero-order valence-electron chi connectivity index (χ0n) is 16.0. The molecule has 2 aromatic carbocycles. The van der Waals surface area contributed by atoms with Gasteiger partial charge in [-0.05, 0) is 42.7 Å². The van der Waals surface area contributed by atoms with Crippen molar-refractivity contribution >= 4 is 23.4 Å². The Morgan fingerprint density at radius 2 is 1.72 bits per heavy atom. The van der Waals surface area contributed by atoms with Crippen LogP contribution in [0, 0.1) is 19.8 Å². The molecule has 2 aromatic rings. The summed E-state index contributed by atoms with van der Waals surface area (Å²) in [4.78, 5) is 44.7. The normalized spacial score (nSPS) is 24.2. The lowest BCUT2D eigenvalue weighted by Crippen LogP contribution is -2.40. The van der Waals surface area contributed by atoms with E-state index in [4.69, 9.17) is 10.6 Å². The molecule has 2 aliphatic rings. The lowest BCUT2D eigenvalue weighted by Gasteiger charge is -2.27. The Hall–Kier alpha value is -3.23. The fourth-order valence-corrected chi connectivity index (χ4v) is 4.12.